The monoisotopic (exact) mass is 436 g/mol. The van der Waals surface area contributed by atoms with E-state index in [1.54, 1.807) is 50.5 Å². The molecule has 0 radical (unpaired) electrons. The van der Waals surface area contributed by atoms with Gasteiger partial charge >= 0.3 is 12.1 Å². The molecule has 4 N–H and O–H groups in total. The van der Waals surface area contributed by atoms with Crippen LogP contribution in [0.1, 0.15) is 33.6 Å². The first-order valence-corrected chi connectivity index (χ1v) is 9.28. The molecule has 1 aromatic carbocycles. The average Bonchev–Trinajstić information content (AvgIpc) is 3.05. The Labute approximate surface area is 176 Å². The highest BCUT2D eigenvalue weighted by Gasteiger charge is 2.26. The number of hydrogen-bond donors (Lipinski definition) is 3. The van der Waals surface area contributed by atoms with Crippen LogP contribution >= 0.6 is 0 Å². The number of ether oxygens (including phenoxy) is 1. The molecule has 0 saturated carbocycles. The van der Waals surface area contributed by atoms with Gasteiger partial charge in [0.1, 0.15) is 22.7 Å². The number of rotatable bonds is 8. The number of aliphatic imine (C=N–C) groups is 1. The van der Waals surface area contributed by atoms with Gasteiger partial charge in [-0.15, -0.1) is 5.10 Å². The number of carbonyl (C=O) groups excluding carboxylic acids is 2. The van der Waals surface area contributed by atoms with Crippen LogP contribution in [0.15, 0.2) is 29.3 Å². The predicted octanol–water partition coefficient (Wildman–Crippen LogP) is 0.156. The van der Waals surface area contributed by atoms with Gasteiger partial charge in [-0.3, -0.25) is 0 Å². The van der Waals surface area contributed by atoms with Crippen LogP contribution in [0, 0.1) is 10.1 Å². The first-order valence-electron chi connectivity index (χ1n) is 9.28. The fourth-order valence-corrected chi connectivity index (χ4v) is 2.39. The first kappa shape index (κ1) is 23.3. The van der Waals surface area contributed by atoms with Gasteiger partial charge in [0.25, 0.3) is 5.96 Å². The molecule has 14 heteroatoms. The van der Waals surface area contributed by atoms with Crippen molar-refractivity contribution in [2.24, 2.45) is 10.7 Å². The molecule has 0 unspecified atom stereocenters. The van der Waals surface area contributed by atoms with E-state index < -0.39 is 28.7 Å². The van der Waals surface area contributed by atoms with Crippen molar-refractivity contribution < 1.29 is 24.2 Å². The maximum absolute atomic E-state index is 12.7. The van der Waals surface area contributed by atoms with Crippen molar-refractivity contribution >= 4 is 29.1 Å². The average molecular weight is 436 g/mol. The number of carbonyl (C=O) groups is 2. The number of aromatic nitrogens is 3. The maximum Gasteiger partial charge on any atom is 0.408 e. The highest BCUT2D eigenvalue weighted by atomic mass is 16.7. The van der Waals surface area contributed by atoms with Crippen molar-refractivity contribution in [1.29, 1.82) is 0 Å². The summed E-state index contributed by atoms with van der Waals surface area (Å²) in [5.74, 6) is -1.18. The lowest BCUT2D eigenvalue weighted by Gasteiger charge is -2.22. The second kappa shape index (κ2) is 10.2. The van der Waals surface area contributed by atoms with Gasteiger partial charge in [0.2, 0.25) is 0 Å². The molecular formula is C17H24N8O6. The molecule has 0 saturated heterocycles. The maximum atomic E-state index is 12.7. The Kier molecular flexibility index (Phi) is 7.65. The van der Waals surface area contributed by atoms with Crippen LogP contribution in [0.25, 0.3) is 11.0 Å². The third-order valence-electron chi connectivity index (χ3n) is 3.61. The molecule has 2 rings (SSSR count). The molecule has 2 aromatic rings. The quantitative estimate of drug-likeness (QED) is 0.128. The van der Waals surface area contributed by atoms with E-state index in [9.17, 15) is 19.7 Å². The van der Waals surface area contributed by atoms with Crippen molar-refractivity contribution in [2.75, 3.05) is 6.54 Å². The number of para-hydroxylation sites is 1. The Morgan fingerprint density at radius 3 is 2.74 bits per heavy atom. The van der Waals surface area contributed by atoms with Crippen LogP contribution in [-0.4, -0.2) is 56.4 Å². The van der Waals surface area contributed by atoms with Gasteiger partial charge in [0.15, 0.2) is 5.03 Å². The third-order valence-corrected chi connectivity index (χ3v) is 3.61. The Morgan fingerprint density at radius 1 is 1.35 bits per heavy atom. The van der Waals surface area contributed by atoms with E-state index in [1.165, 1.54) is 0 Å². The minimum atomic E-state index is -1.10. The highest BCUT2D eigenvalue weighted by molar-refractivity contribution is 5.82. The van der Waals surface area contributed by atoms with E-state index in [4.69, 9.17) is 15.3 Å². The van der Waals surface area contributed by atoms with Crippen molar-refractivity contribution in [2.45, 2.75) is 45.3 Å². The van der Waals surface area contributed by atoms with Crippen molar-refractivity contribution in [3.05, 3.63) is 34.4 Å². The topological polar surface area (TPSA) is 189 Å². The van der Waals surface area contributed by atoms with Crippen LogP contribution in [0.5, 0.6) is 0 Å². The molecule has 168 valence electrons. The van der Waals surface area contributed by atoms with Crippen molar-refractivity contribution in [3.8, 4) is 0 Å². The van der Waals surface area contributed by atoms with E-state index in [2.05, 4.69) is 20.6 Å². The molecule has 0 aliphatic rings. The number of alkyl carbamates (subject to hydrolysis) is 1. The van der Waals surface area contributed by atoms with Gasteiger partial charge < -0.3 is 20.6 Å². The number of amides is 1. The SMILES string of the molecule is CC(C)(C)OC(=O)N[C@@H](CCCN=C(N)N[N+](=O)[O-])C(=O)On1nnc2ccccc21. The van der Waals surface area contributed by atoms with E-state index in [0.29, 0.717) is 11.0 Å². The summed E-state index contributed by atoms with van der Waals surface area (Å²) in [6.07, 6.45) is -0.454. The smallest absolute Gasteiger partial charge is 0.408 e. The molecule has 0 aliphatic heterocycles. The van der Waals surface area contributed by atoms with Crippen LogP contribution in [0.2, 0.25) is 0 Å². The minimum absolute atomic E-state index is 0.0682. The number of hydrogen-bond acceptors (Lipinski definition) is 9. The fourth-order valence-electron chi connectivity index (χ4n) is 2.39. The summed E-state index contributed by atoms with van der Waals surface area (Å²) in [6.45, 7) is 5.11. The standard InChI is InChI=1S/C17H24N8O6/c1-17(2,3)30-16(27)20-12(8-6-10-19-15(18)22-25(28)29)14(26)31-24-13-9-5-4-7-11(13)21-23-24/h4-5,7,9,12H,6,8,10H2,1-3H3,(H,20,27)(H3,18,19,22)/t12-/m0/s1. The highest BCUT2D eigenvalue weighted by Crippen LogP contribution is 2.10. The lowest BCUT2D eigenvalue weighted by Crippen LogP contribution is -2.46. The Morgan fingerprint density at radius 2 is 2.06 bits per heavy atom. The molecule has 1 atom stereocenters. The minimum Gasteiger partial charge on any atom is -0.444 e. The molecule has 1 heterocycles. The second-order valence-corrected chi connectivity index (χ2v) is 7.34. The lowest BCUT2D eigenvalue weighted by atomic mass is 10.1. The van der Waals surface area contributed by atoms with Crippen molar-refractivity contribution in [1.82, 2.24) is 25.9 Å². The van der Waals surface area contributed by atoms with Gasteiger partial charge in [-0.25, -0.2) is 24.7 Å². The van der Waals surface area contributed by atoms with E-state index >= 15 is 0 Å². The Balaban J connectivity index is 2.05. The van der Waals surface area contributed by atoms with Gasteiger partial charge in [-0.2, -0.15) is 0 Å². The number of nitrogens with zero attached hydrogens (tertiary/aromatic N) is 5. The Hall–Kier alpha value is -3.97. The number of guanidine groups is 1. The zero-order valence-corrected chi connectivity index (χ0v) is 17.3. The molecule has 1 amide bonds. The number of benzene rings is 1. The molecule has 0 spiro atoms. The van der Waals surface area contributed by atoms with Crippen LogP contribution in [-0.2, 0) is 9.53 Å². The zero-order valence-electron chi connectivity index (χ0n) is 17.3. The summed E-state index contributed by atoms with van der Waals surface area (Å²) in [7, 11) is 0. The summed E-state index contributed by atoms with van der Waals surface area (Å²) in [5.41, 5.74) is 7.27. The first-order chi connectivity index (χ1) is 14.5. The molecule has 0 aliphatic carbocycles. The summed E-state index contributed by atoms with van der Waals surface area (Å²) in [5, 5.41) is 19.6. The van der Waals surface area contributed by atoms with Crippen LogP contribution in [0.4, 0.5) is 4.79 Å². The Bertz CT molecular complexity index is 967. The predicted molar refractivity (Wildman–Crippen MR) is 108 cm³/mol. The number of hydrazine groups is 1. The zero-order chi connectivity index (χ0) is 23.0. The summed E-state index contributed by atoms with van der Waals surface area (Å²) >= 11 is 0. The molecule has 1 aromatic heterocycles. The van der Waals surface area contributed by atoms with E-state index in [-0.39, 0.29) is 25.3 Å². The fraction of sp³-hybridized carbons (Fsp3) is 0.471. The summed E-state index contributed by atoms with van der Waals surface area (Å²) in [4.78, 5) is 45.1. The number of fused-ring (bicyclic) bond motifs is 1. The van der Waals surface area contributed by atoms with Crippen molar-refractivity contribution in [3.63, 3.8) is 0 Å². The van der Waals surface area contributed by atoms with Gasteiger partial charge in [-0.05, 0) is 51.0 Å². The molecule has 0 bridgehead atoms. The molecule has 14 nitrogen and oxygen atoms in total. The normalized spacial score (nSPS) is 12.8. The van der Waals surface area contributed by atoms with Gasteiger partial charge in [0, 0.05) is 6.54 Å². The number of nitrogens with one attached hydrogen (secondary N) is 2. The van der Waals surface area contributed by atoms with E-state index in [0.717, 1.165) is 4.85 Å². The number of nitro groups is 1. The molecule has 31 heavy (non-hydrogen) atoms. The third kappa shape index (κ3) is 7.75. The molecular weight excluding hydrogens is 412 g/mol. The van der Waals surface area contributed by atoms with Gasteiger partial charge in [-0.1, -0.05) is 22.4 Å². The van der Waals surface area contributed by atoms with Gasteiger partial charge in [0.05, 0.1) is 0 Å². The largest absolute Gasteiger partial charge is 0.444 e. The molecule has 0 fully saturated rings. The van der Waals surface area contributed by atoms with E-state index in [1.807, 2.05) is 0 Å². The number of nitrogens with two attached hydrogens (primary N) is 1. The second-order valence-electron chi connectivity index (χ2n) is 7.34. The summed E-state index contributed by atoms with van der Waals surface area (Å²) in [6, 6.07) is 5.75. The van der Waals surface area contributed by atoms with Crippen LogP contribution in [0.3, 0.4) is 0 Å². The lowest BCUT2D eigenvalue weighted by molar-refractivity contribution is -0.525. The van der Waals surface area contributed by atoms with Crippen LogP contribution < -0.4 is 21.3 Å². The summed E-state index contributed by atoms with van der Waals surface area (Å²) < 4.78 is 5.19.